The fraction of sp³-hybridized carbons (Fsp3) is 0. The molecule has 0 aliphatic rings. The van der Waals surface area contributed by atoms with E-state index in [0.29, 0.717) is 5.52 Å². The van der Waals surface area contributed by atoms with Crippen molar-refractivity contribution in [2.75, 3.05) is 0 Å². The zero-order chi connectivity index (χ0) is 8.55. The first kappa shape index (κ1) is 6.65. The molecule has 0 saturated carbocycles. The summed E-state index contributed by atoms with van der Waals surface area (Å²) in [6, 6.07) is 1.48. The second-order valence-corrected chi connectivity index (χ2v) is 2.08. The van der Waals surface area contributed by atoms with Crippen LogP contribution >= 0.6 is 0 Å². The highest BCUT2D eigenvalue weighted by Gasteiger charge is 2.16. The van der Waals surface area contributed by atoms with Gasteiger partial charge >= 0.3 is 5.82 Å². The number of fused-ring (bicyclic) bond motifs is 1. The Morgan fingerprint density at radius 1 is 1.58 bits per heavy atom. The molecule has 2 heterocycles. The molecule has 0 radical (unpaired) electrons. The predicted octanol–water partition coefficient (Wildman–Crippen LogP) is 0.0325. The van der Waals surface area contributed by atoms with Crippen LogP contribution in [0, 0.1) is 10.1 Å². The molecule has 0 unspecified atom stereocenters. The number of hydrogen-bond donors (Lipinski definition) is 0. The van der Waals surface area contributed by atoms with Crippen LogP contribution in [0.4, 0.5) is 5.82 Å². The molecule has 0 fully saturated rings. The summed E-state index contributed by atoms with van der Waals surface area (Å²) in [7, 11) is 0. The Morgan fingerprint density at radius 2 is 2.42 bits per heavy atom. The van der Waals surface area contributed by atoms with Crippen molar-refractivity contribution in [1.29, 1.82) is 0 Å². The Kier molecular flexibility index (Phi) is 1.23. The summed E-state index contributed by atoms with van der Waals surface area (Å²) in [4.78, 5) is 13.5. The first-order chi connectivity index (χ1) is 5.79. The molecule has 0 N–H and O–H groups in total. The summed E-state index contributed by atoms with van der Waals surface area (Å²) < 4.78 is 1.25. The Morgan fingerprint density at radius 3 is 3.17 bits per heavy atom. The highest BCUT2D eigenvalue weighted by molar-refractivity contribution is 5.58. The van der Waals surface area contributed by atoms with Crippen LogP contribution in [-0.4, -0.2) is 24.7 Å². The first-order valence-electron chi connectivity index (χ1n) is 3.08. The Labute approximate surface area is 65.8 Å². The Balaban J connectivity index is 2.79. The summed E-state index contributed by atoms with van der Waals surface area (Å²) in [6.07, 6.45) is 2.81. The minimum absolute atomic E-state index is 0.252. The number of nitro groups is 1. The van der Waals surface area contributed by atoms with Gasteiger partial charge in [0, 0.05) is 6.20 Å². The molecule has 0 aromatic carbocycles. The number of nitrogens with zero attached hydrogens (tertiary/aromatic N) is 5. The fourth-order valence-corrected chi connectivity index (χ4v) is 0.874. The van der Waals surface area contributed by atoms with Gasteiger partial charge < -0.3 is 10.1 Å². The predicted molar refractivity (Wildman–Crippen MR) is 37.4 cm³/mol. The summed E-state index contributed by atoms with van der Waals surface area (Å²) in [5.41, 5.74) is 0.343. The lowest BCUT2D eigenvalue weighted by molar-refractivity contribution is -0.387. The van der Waals surface area contributed by atoms with E-state index in [2.05, 4.69) is 15.3 Å². The first-order valence-corrected chi connectivity index (χ1v) is 3.08. The van der Waals surface area contributed by atoms with E-state index in [9.17, 15) is 10.1 Å². The van der Waals surface area contributed by atoms with E-state index in [0.717, 1.165) is 0 Å². The van der Waals surface area contributed by atoms with Crippen molar-refractivity contribution in [2.24, 2.45) is 0 Å². The summed E-state index contributed by atoms with van der Waals surface area (Å²) >= 11 is 0. The van der Waals surface area contributed by atoms with Gasteiger partial charge in [0.1, 0.15) is 11.4 Å². The minimum atomic E-state index is -0.581. The molecule has 0 amide bonds. The number of hydrogen-bond acceptors (Lipinski definition) is 5. The van der Waals surface area contributed by atoms with E-state index < -0.39 is 4.92 Å². The van der Waals surface area contributed by atoms with Gasteiger partial charge in [0.2, 0.25) is 0 Å². The van der Waals surface area contributed by atoms with E-state index in [1.807, 2.05) is 0 Å². The Hall–Kier alpha value is -2.05. The molecular formula is C5H3N5O2. The van der Waals surface area contributed by atoms with Crippen molar-refractivity contribution >= 4 is 11.3 Å². The van der Waals surface area contributed by atoms with Crippen molar-refractivity contribution < 1.29 is 4.92 Å². The fourth-order valence-electron chi connectivity index (χ4n) is 0.874. The highest BCUT2D eigenvalue weighted by atomic mass is 16.6. The molecule has 0 atom stereocenters. The average Bonchev–Trinajstić information content (AvgIpc) is 2.47. The van der Waals surface area contributed by atoms with Crippen LogP contribution in [0.3, 0.4) is 0 Å². The van der Waals surface area contributed by atoms with Crippen LogP contribution < -0.4 is 0 Å². The molecule has 7 heteroatoms. The smallest absolute Gasteiger partial charge is 0.358 e. The molecule has 0 aliphatic carbocycles. The summed E-state index contributed by atoms with van der Waals surface area (Å²) in [5.74, 6) is -0.252. The van der Waals surface area contributed by atoms with E-state index in [1.165, 1.54) is 23.1 Å². The Bertz CT molecular complexity index is 436. The third-order valence-corrected chi connectivity index (χ3v) is 1.38. The molecule has 7 nitrogen and oxygen atoms in total. The largest absolute Gasteiger partial charge is 0.418 e. The topological polar surface area (TPSA) is 86.2 Å². The third kappa shape index (κ3) is 0.797. The van der Waals surface area contributed by atoms with Crippen molar-refractivity contribution in [2.45, 2.75) is 0 Å². The van der Waals surface area contributed by atoms with Gasteiger partial charge in [-0.3, -0.25) is 0 Å². The normalized spacial score (nSPS) is 10.3. The van der Waals surface area contributed by atoms with Gasteiger partial charge in [-0.15, -0.1) is 0 Å². The summed E-state index contributed by atoms with van der Waals surface area (Å²) in [6.45, 7) is 0. The SMILES string of the molecule is O=[N+]([O-])c1nnn2cnccc12. The van der Waals surface area contributed by atoms with Crippen molar-refractivity contribution in [3.05, 3.63) is 28.7 Å². The van der Waals surface area contributed by atoms with Gasteiger partial charge in [-0.25, -0.2) is 4.98 Å². The standard InChI is InChI=1S/C5H3N5O2/c11-10(12)5-4-1-2-6-3-9(4)8-7-5/h1-3H. The van der Waals surface area contributed by atoms with E-state index >= 15 is 0 Å². The van der Waals surface area contributed by atoms with Gasteiger partial charge in [-0.2, -0.15) is 4.52 Å². The monoisotopic (exact) mass is 165 g/mol. The molecule has 0 saturated heterocycles. The van der Waals surface area contributed by atoms with Crippen LogP contribution in [0.2, 0.25) is 0 Å². The van der Waals surface area contributed by atoms with Crippen LogP contribution in [0.25, 0.3) is 5.52 Å². The van der Waals surface area contributed by atoms with E-state index in [1.54, 1.807) is 0 Å². The van der Waals surface area contributed by atoms with Crippen LogP contribution in [0.1, 0.15) is 0 Å². The molecule has 2 aromatic heterocycles. The van der Waals surface area contributed by atoms with Gasteiger partial charge in [0.15, 0.2) is 5.52 Å². The molecule has 2 aromatic rings. The molecule has 60 valence electrons. The molecule has 0 spiro atoms. The molecule has 2 rings (SSSR count). The van der Waals surface area contributed by atoms with Gasteiger partial charge in [-0.1, -0.05) is 0 Å². The lowest BCUT2D eigenvalue weighted by atomic mass is 10.5. The lowest BCUT2D eigenvalue weighted by Crippen LogP contribution is -1.89. The van der Waals surface area contributed by atoms with Gasteiger partial charge in [-0.05, 0) is 11.0 Å². The lowest BCUT2D eigenvalue weighted by Gasteiger charge is -1.87. The van der Waals surface area contributed by atoms with Crippen molar-refractivity contribution in [3.63, 3.8) is 0 Å². The molecule has 0 bridgehead atoms. The number of aromatic nitrogens is 4. The maximum absolute atomic E-state index is 10.3. The van der Waals surface area contributed by atoms with E-state index in [-0.39, 0.29) is 5.82 Å². The quantitative estimate of drug-likeness (QED) is 0.439. The maximum atomic E-state index is 10.3. The zero-order valence-corrected chi connectivity index (χ0v) is 5.78. The van der Waals surface area contributed by atoms with Crippen molar-refractivity contribution in [3.8, 4) is 0 Å². The number of rotatable bonds is 1. The van der Waals surface area contributed by atoms with Crippen LogP contribution in [0.15, 0.2) is 18.6 Å². The second kappa shape index (κ2) is 2.22. The van der Waals surface area contributed by atoms with Crippen molar-refractivity contribution in [1.82, 2.24) is 19.8 Å². The zero-order valence-electron chi connectivity index (χ0n) is 5.78. The highest BCUT2D eigenvalue weighted by Crippen LogP contribution is 2.13. The minimum Gasteiger partial charge on any atom is -0.358 e. The average molecular weight is 165 g/mol. The molecule has 12 heavy (non-hydrogen) atoms. The summed E-state index contributed by atoms with van der Waals surface area (Å²) in [5, 5.41) is 17.2. The van der Waals surface area contributed by atoms with Crippen LogP contribution in [-0.2, 0) is 0 Å². The van der Waals surface area contributed by atoms with Gasteiger partial charge in [0.25, 0.3) is 0 Å². The van der Waals surface area contributed by atoms with Crippen LogP contribution in [0.5, 0.6) is 0 Å². The second-order valence-electron chi connectivity index (χ2n) is 2.08. The third-order valence-electron chi connectivity index (χ3n) is 1.38. The van der Waals surface area contributed by atoms with Gasteiger partial charge in [0.05, 0.1) is 5.21 Å². The molecule has 0 aliphatic heterocycles. The van der Waals surface area contributed by atoms with E-state index in [4.69, 9.17) is 0 Å². The molecular weight excluding hydrogens is 162 g/mol. The maximum Gasteiger partial charge on any atom is 0.418 e.